The van der Waals surface area contributed by atoms with Gasteiger partial charge in [0.1, 0.15) is 5.69 Å². The molecule has 0 aliphatic carbocycles. The summed E-state index contributed by atoms with van der Waals surface area (Å²) in [7, 11) is 1.53. The summed E-state index contributed by atoms with van der Waals surface area (Å²) in [6, 6.07) is 2.63. The van der Waals surface area contributed by atoms with E-state index in [1.807, 2.05) is 0 Å². The van der Waals surface area contributed by atoms with E-state index in [0.29, 0.717) is 18.7 Å². The summed E-state index contributed by atoms with van der Waals surface area (Å²) < 4.78 is 4.90. The van der Waals surface area contributed by atoms with Crippen LogP contribution in [-0.4, -0.2) is 65.5 Å². The van der Waals surface area contributed by atoms with Gasteiger partial charge in [-0.2, -0.15) is 0 Å². The van der Waals surface area contributed by atoms with Crippen molar-refractivity contribution in [2.24, 2.45) is 0 Å². The third kappa shape index (κ3) is 5.76. The van der Waals surface area contributed by atoms with Gasteiger partial charge in [0.15, 0.2) is 0 Å². The molecule has 1 aromatic rings. The summed E-state index contributed by atoms with van der Waals surface area (Å²) in [5.41, 5.74) is 0.635. The SMILES string of the molecule is COCCN(CCO)C(=O)NCc1ccc(C(=O)O)nc1. The summed E-state index contributed by atoms with van der Waals surface area (Å²) in [5, 5.41) is 20.3. The molecule has 0 spiro atoms. The molecule has 0 aromatic carbocycles. The van der Waals surface area contributed by atoms with Crippen LogP contribution in [0, 0.1) is 0 Å². The van der Waals surface area contributed by atoms with Crippen LogP contribution in [0.25, 0.3) is 0 Å². The Morgan fingerprint density at radius 3 is 2.67 bits per heavy atom. The zero-order valence-electron chi connectivity index (χ0n) is 11.8. The van der Waals surface area contributed by atoms with Crippen molar-refractivity contribution >= 4 is 12.0 Å². The van der Waals surface area contributed by atoms with Crippen LogP contribution < -0.4 is 5.32 Å². The molecule has 8 nitrogen and oxygen atoms in total. The molecule has 0 fully saturated rings. The highest BCUT2D eigenvalue weighted by atomic mass is 16.5. The fraction of sp³-hybridized carbons (Fsp3) is 0.462. The molecule has 0 bridgehead atoms. The molecule has 1 aromatic heterocycles. The number of methoxy groups -OCH3 is 1. The van der Waals surface area contributed by atoms with E-state index in [0.717, 1.165) is 0 Å². The number of aliphatic hydroxyl groups excluding tert-OH is 1. The van der Waals surface area contributed by atoms with Gasteiger partial charge in [-0.25, -0.2) is 14.6 Å². The number of nitrogens with zero attached hydrogens (tertiary/aromatic N) is 2. The monoisotopic (exact) mass is 297 g/mol. The zero-order valence-corrected chi connectivity index (χ0v) is 11.8. The van der Waals surface area contributed by atoms with E-state index in [1.54, 1.807) is 6.07 Å². The predicted octanol–water partition coefficient (Wildman–Crippen LogP) is -0.0699. The standard InChI is InChI=1S/C13H19N3O5/c1-21-7-5-16(4-6-17)13(20)15-9-10-2-3-11(12(18)19)14-8-10/h2-3,8,17H,4-7,9H2,1H3,(H,15,20)(H,18,19). The number of urea groups is 1. The Hall–Kier alpha value is -2.19. The van der Waals surface area contributed by atoms with Crippen molar-refractivity contribution in [2.75, 3.05) is 33.4 Å². The van der Waals surface area contributed by atoms with Gasteiger partial charge in [-0.3, -0.25) is 0 Å². The number of hydrogen-bond donors (Lipinski definition) is 3. The molecule has 3 N–H and O–H groups in total. The van der Waals surface area contributed by atoms with E-state index in [9.17, 15) is 9.59 Å². The van der Waals surface area contributed by atoms with Crippen LogP contribution >= 0.6 is 0 Å². The van der Waals surface area contributed by atoms with Crippen LogP contribution in [0.15, 0.2) is 18.3 Å². The number of carboxylic acid groups (broad SMARTS) is 1. The lowest BCUT2D eigenvalue weighted by Crippen LogP contribution is -2.42. The molecule has 116 valence electrons. The normalized spacial score (nSPS) is 10.2. The highest BCUT2D eigenvalue weighted by Crippen LogP contribution is 2.01. The number of ether oxygens (including phenoxy) is 1. The van der Waals surface area contributed by atoms with Gasteiger partial charge in [0.25, 0.3) is 0 Å². The van der Waals surface area contributed by atoms with E-state index in [4.69, 9.17) is 14.9 Å². The molecule has 1 heterocycles. The lowest BCUT2D eigenvalue weighted by molar-refractivity contribution is 0.0690. The van der Waals surface area contributed by atoms with Crippen LogP contribution in [0.4, 0.5) is 4.79 Å². The minimum Gasteiger partial charge on any atom is -0.477 e. The Morgan fingerprint density at radius 1 is 1.38 bits per heavy atom. The average molecular weight is 297 g/mol. The van der Waals surface area contributed by atoms with Gasteiger partial charge < -0.3 is 25.2 Å². The molecule has 2 amide bonds. The number of carboxylic acids is 1. The molecule has 0 aliphatic rings. The Balaban J connectivity index is 2.51. The first-order valence-corrected chi connectivity index (χ1v) is 6.39. The molecule has 0 aliphatic heterocycles. The smallest absolute Gasteiger partial charge is 0.354 e. The molecule has 1 rings (SSSR count). The Labute approximate surface area is 122 Å². The summed E-state index contributed by atoms with van der Waals surface area (Å²) in [4.78, 5) is 27.8. The maximum atomic E-state index is 11.9. The van der Waals surface area contributed by atoms with Gasteiger partial charge in [-0.05, 0) is 11.6 Å². The van der Waals surface area contributed by atoms with Crippen molar-refractivity contribution in [1.82, 2.24) is 15.2 Å². The second-order valence-corrected chi connectivity index (χ2v) is 4.22. The molecular formula is C13H19N3O5. The highest BCUT2D eigenvalue weighted by molar-refractivity contribution is 5.85. The van der Waals surface area contributed by atoms with Crippen molar-refractivity contribution in [1.29, 1.82) is 0 Å². The second-order valence-electron chi connectivity index (χ2n) is 4.22. The number of hydrogen-bond acceptors (Lipinski definition) is 5. The Kier molecular flexibility index (Phi) is 7.13. The summed E-state index contributed by atoms with van der Waals surface area (Å²) in [6.07, 6.45) is 1.40. The van der Waals surface area contributed by atoms with E-state index in [1.165, 1.54) is 24.3 Å². The van der Waals surface area contributed by atoms with Crippen LogP contribution in [-0.2, 0) is 11.3 Å². The van der Waals surface area contributed by atoms with Crippen molar-refractivity contribution in [2.45, 2.75) is 6.54 Å². The van der Waals surface area contributed by atoms with Gasteiger partial charge in [0.2, 0.25) is 0 Å². The van der Waals surface area contributed by atoms with Crippen molar-refractivity contribution < 1.29 is 24.5 Å². The van der Waals surface area contributed by atoms with E-state index >= 15 is 0 Å². The van der Waals surface area contributed by atoms with Crippen molar-refractivity contribution in [3.63, 3.8) is 0 Å². The fourth-order valence-electron chi connectivity index (χ4n) is 1.58. The lowest BCUT2D eigenvalue weighted by Gasteiger charge is -2.21. The number of amides is 2. The van der Waals surface area contributed by atoms with Gasteiger partial charge in [-0.1, -0.05) is 6.07 Å². The van der Waals surface area contributed by atoms with Gasteiger partial charge >= 0.3 is 12.0 Å². The number of rotatable bonds is 8. The third-order valence-electron chi connectivity index (χ3n) is 2.71. The molecule has 8 heteroatoms. The molecule has 0 unspecified atom stereocenters. The number of aliphatic hydroxyl groups is 1. The van der Waals surface area contributed by atoms with Crippen LogP contribution in [0.1, 0.15) is 16.1 Å². The topological polar surface area (TPSA) is 112 Å². The number of carbonyl (C=O) groups excluding carboxylic acids is 1. The number of aromatic carboxylic acids is 1. The highest BCUT2D eigenvalue weighted by Gasteiger charge is 2.12. The molecule has 0 saturated heterocycles. The quantitative estimate of drug-likeness (QED) is 0.619. The Morgan fingerprint density at radius 2 is 2.14 bits per heavy atom. The van der Waals surface area contributed by atoms with E-state index in [2.05, 4.69) is 10.3 Å². The number of aromatic nitrogens is 1. The Bertz CT molecular complexity index is 463. The second kappa shape index (κ2) is 8.88. The van der Waals surface area contributed by atoms with E-state index in [-0.39, 0.29) is 31.4 Å². The molecule has 21 heavy (non-hydrogen) atoms. The van der Waals surface area contributed by atoms with Gasteiger partial charge in [0.05, 0.1) is 13.2 Å². The largest absolute Gasteiger partial charge is 0.477 e. The molecule has 0 atom stereocenters. The third-order valence-corrected chi connectivity index (χ3v) is 2.71. The minimum atomic E-state index is -1.10. The predicted molar refractivity (Wildman–Crippen MR) is 74.0 cm³/mol. The summed E-state index contributed by atoms with van der Waals surface area (Å²) >= 11 is 0. The number of pyridine rings is 1. The van der Waals surface area contributed by atoms with Crippen LogP contribution in [0.2, 0.25) is 0 Å². The fourth-order valence-corrected chi connectivity index (χ4v) is 1.58. The van der Waals surface area contributed by atoms with Crippen LogP contribution in [0.5, 0.6) is 0 Å². The molecule has 0 radical (unpaired) electrons. The zero-order chi connectivity index (χ0) is 15.7. The summed E-state index contributed by atoms with van der Waals surface area (Å²) in [5.74, 6) is -1.10. The first-order valence-electron chi connectivity index (χ1n) is 6.39. The maximum absolute atomic E-state index is 11.9. The van der Waals surface area contributed by atoms with Crippen molar-refractivity contribution in [3.05, 3.63) is 29.6 Å². The number of carbonyl (C=O) groups is 2. The first kappa shape index (κ1) is 16.9. The van der Waals surface area contributed by atoms with Gasteiger partial charge in [0, 0.05) is 32.9 Å². The van der Waals surface area contributed by atoms with Crippen molar-refractivity contribution in [3.8, 4) is 0 Å². The molecule has 0 saturated carbocycles. The van der Waals surface area contributed by atoms with Gasteiger partial charge in [-0.15, -0.1) is 0 Å². The maximum Gasteiger partial charge on any atom is 0.354 e. The number of nitrogens with one attached hydrogen (secondary N) is 1. The minimum absolute atomic E-state index is 0.0490. The first-order chi connectivity index (χ1) is 10.1. The van der Waals surface area contributed by atoms with Crippen LogP contribution in [0.3, 0.4) is 0 Å². The molecular weight excluding hydrogens is 278 g/mol. The average Bonchev–Trinajstić information content (AvgIpc) is 2.49. The summed E-state index contributed by atoms with van der Waals surface area (Å²) in [6.45, 7) is 1.05. The lowest BCUT2D eigenvalue weighted by atomic mass is 10.2. The van der Waals surface area contributed by atoms with E-state index < -0.39 is 5.97 Å².